The van der Waals surface area contributed by atoms with Crippen molar-refractivity contribution in [3.05, 3.63) is 24.0 Å². The Kier molecular flexibility index (Phi) is 1.24. The largest absolute Gasteiger partial charge is 0.325 e. The van der Waals surface area contributed by atoms with E-state index in [1.807, 2.05) is 25.3 Å². The van der Waals surface area contributed by atoms with E-state index in [0.717, 1.165) is 12.2 Å². The molecular weight excluding hydrogens is 140 g/mol. The number of hydrogen-bond donors (Lipinski definition) is 1. The first kappa shape index (κ1) is 6.46. The highest BCUT2D eigenvalue weighted by molar-refractivity contribution is 5.97. The van der Waals surface area contributed by atoms with E-state index in [0.29, 0.717) is 0 Å². The molecule has 0 spiro atoms. The Morgan fingerprint density at radius 1 is 1.73 bits per heavy atom. The topological polar surface area (TPSA) is 34.0 Å². The van der Waals surface area contributed by atoms with Crippen molar-refractivity contribution in [2.75, 3.05) is 12.0 Å². The van der Waals surface area contributed by atoms with Crippen molar-refractivity contribution in [3.63, 3.8) is 0 Å². The fourth-order valence-corrected chi connectivity index (χ4v) is 1.30. The van der Waals surface area contributed by atoms with Crippen LogP contribution in [0.1, 0.15) is 17.4 Å². The van der Waals surface area contributed by atoms with E-state index < -0.39 is 0 Å². The summed E-state index contributed by atoms with van der Waals surface area (Å²) in [7, 11) is 0. The Bertz CT molecular complexity index is 290. The van der Waals surface area contributed by atoms with Crippen LogP contribution in [-0.4, -0.2) is 17.0 Å². The van der Waals surface area contributed by atoms with Gasteiger partial charge in [-0.1, -0.05) is 6.92 Å². The Hall–Kier alpha value is -1.25. The zero-order valence-electron chi connectivity index (χ0n) is 6.37. The highest BCUT2D eigenvalue weighted by Crippen LogP contribution is 2.12. The summed E-state index contributed by atoms with van der Waals surface area (Å²) in [6.45, 7) is 2.67. The number of nitrogens with one attached hydrogen (secondary N) is 1. The maximum Gasteiger partial charge on any atom is 0.185 e. The SMILES string of the molecule is CC1CNn2cccc2C1=O. The fraction of sp³-hybridized carbons (Fsp3) is 0.375. The van der Waals surface area contributed by atoms with E-state index in [1.54, 1.807) is 4.68 Å². The van der Waals surface area contributed by atoms with Gasteiger partial charge in [-0.05, 0) is 12.1 Å². The molecule has 1 aromatic rings. The predicted molar refractivity (Wildman–Crippen MR) is 42.2 cm³/mol. The molecule has 1 aromatic heterocycles. The Morgan fingerprint density at radius 2 is 2.55 bits per heavy atom. The van der Waals surface area contributed by atoms with Crippen LogP contribution >= 0.6 is 0 Å². The fourth-order valence-electron chi connectivity index (χ4n) is 1.30. The van der Waals surface area contributed by atoms with Gasteiger partial charge < -0.3 is 5.43 Å². The van der Waals surface area contributed by atoms with Crippen LogP contribution in [0.2, 0.25) is 0 Å². The molecule has 0 fully saturated rings. The molecule has 0 saturated heterocycles. The highest BCUT2D eigenvalue weighted by Gasteiger charge is 2.22. The Morgan fingerprint density at radius 3 is 3.36 bits per heavy atom. The highest BCUT2D eigenvalue weighted by atomic mass is 16.1. The van der Waals surface area contributed by atoms with Crippen molar-refractivity contribution in [1.29, 1.82) is 0 Å². The Balaban J connectivity index is 2.46. The standard InChI is InChI=1S/C8H10N2O/c1-6-5-9-10-4-2-3-7(10)8(6)11/h2-4,6,9H,5H2,1H3. The summed E-state index contributed by atoms with van der Waals surface area (Å²) in [5, 5.41) is 0. The molecule has 1 aliphatic rings. The van der Waals surface area contributed by atoms with Gasteiger partial charge in [-0.25, -0.2) is 0 Å². The van der Waals surface area contributed by atoms with E-state index in [-0.39, 0.29) is 11.7 Å². The third-order valence-corrected chi connectivity index (χ3v) is 2.02. The Labute approximate surface area is 65.0 Å². The first-order chi connectivity index (χ1) is 5.29. The minimum absolute atomic E-state index is 0.109. The number of carbonyl (C=O) groups is 1. The van der Waals surface area contributed by atoms with Crippen molar-refractivity contribution in [2.45, 2.75) is 6.92 Å². The number of aromatic nitrogens is 1. The van der Waals surface area contributed by atoms with Crippen LogP contribution < -0.4 is 5.43 Å². The number of carbonyl (C=O) groups excluding carboxylic acids is 1. The molecule has 0 radical (unpaired) electrons. The smallest absolute Gasteiger partial charge is 0.185 e. The summed E-state index contributed by atoms with van der Waals surface area (Å²) in [5.41, 5.74) is 3.89. The molecule has 0 aliphatic carbocycles. The molecule has 2 rings (SSSR count). The number of fused-ring (bicyclic) bond motifs is 1. The molecule has 58 valence electrons. The lowest BCUT2D eigenvalue weighted by molar-refractivity contribution is 0.0914. The van der Waals surface area contributed by atoms with Gasteiger partial charge in [-0.3, -0.25) is 9.47 Å². The molecule has 1 unspecified atom stereocenters. The van der Waals surface area contributed by atoms with E-state index in [2.05, 4.69) is 5.43 Å². The van der Waals surface area contributed by atoms with Crippen LogP contribution in [0.3, 0.4) is 0 Å². The summed E-state index contributed by atoms with van der Waals surface area (Å²) in [4.78, 5) is 11.4. The summed E-state index contributed by atoms with van der Waals surface area (Å²) in [6.07, 6.45) is 1.86. The van der Waals surface area contributed by atoms with E-state index in [4.69, 9.17) is 0 Å². The zero-order valence-corrected chi connectivity index (χ0v) is 6.37. The summed E-state index contributed by atoms with van der Waals surface area (Å²) >= 11 is 0. The van der Waals surface area contributed by atoms with Crippen LogP contribution in [0.5, 0.6) is 0 Å². The van der Waals surface area contributed by atoms with Gasteiger partial charge in [0.25, 0.3) is 0 Å². The lowest BCUT2D eigenvalue weighted by atomic mass is 10.0. The molecule has 2 heterocycles. The van der Waals surface area contributed by atoms with E-state index >= 15 is 0 Å². The van der Waals surface area contributed by atoms with Crippen LogP contribution in [0.25, 0.3) is 0 Å². The van der Waals surface area contributed by atoms with Gasteiger partial charge in [0.2, 0.25) is 0 Å². The minimum Gasteiger partial charge on any atom is -0.325 e. The van der Waals surface area contributed by atoms with E-state index in [9.17, 15) is 4.79 Å². The maximum absolute atomic E-state index is 11.4. The van der Waals surface area contributed by atoms with Crippen LogP contribution in [-0.2, 0) is 0 Å². The molecule has 3 heteroatoms. The minimum atomic E-state index is 0.109. The van der Waals surface area contributed by atoms with Crippen LogP contribution in [0, 0.1) is 5.92 Å². The molecule has 0 saturated carbocycles. The van der Waals surface area contributed by atoms with Gasteiger partial charge in [-0.15, -0.1) is 0 Å². The molecule has 1 atom stereocenters. The van der Waals surface area contributed by atoms with Gasteiger partial charge in [0.1, 0.15) is 5.69 Å². The summed E-state index contributed by atoms with van der Waals surface area (Å²) in [6, 6.07) is 3.71. The number of Topliss-reactive ketones (excluding diaryl/α,β-unsaturated/α-hetero) is 1. The summed E-state index contributed by atoms with van der Waals surface area (Å²) < 4.78 is 1.78. The number of ketones is 1. The second kappa shape index (κ2) is 2.12. The van der Waals surface area contributed by atoms with Crippen molar-refractivity contribution < 1.29 is 4.79 Å². The normalized spacial score (nSPS) is 22.6. The summed E-state index contributed by atoms with van der Waals surface area (Å²) in [5.74, 6) is 0.339. The molecule has 11 heavy (non-hydrogen) atoms. The predicted octanol–water partition coefficient (Wildman–Crippen LogP) is 0.864. The van der Waals surface area contributed by atoms with Crippen molar-refractivity contribution in [2.24, 2.45) is 5.92 Å². The average Bonchev–Trinajstić information content (AvgIpc) is 2.45. The average molecular weight is 150 g/mol. The molecule has 0 aromatic carbocycles. The van der Waals surface area contributed by atoms with Gasteiger partial charge in [0.05, 0.1) is 0 Å². The molecule has 0 bridgehead atoms. The molecule has 3 nitrogen and oxygen atoms in total. The third-order valence-electron chi connectivity index (χ3n) is 2.02. The zero-order chi connectivity index (χ0) is 7.84. The van der Waals surface area contributed by atoms with E-state index in [1.165, 1.54) is 0 Å². The maximum atomic E-state index is 11.4. The lowest BCUT2D eigenvalue weighted by Crippen LogP contribution is -2.34. The molecular formula is C8H10N2O. The van der Waals surface area contributed by atoms with Crippen molar-refractivity contribution >= 4 is 5.78 Å². The van der Waals surface area contributed by atoms with Gasteiger partial charge in [-0.2, -0.15) is 0 Å². The first-order valence-corrected chi connectivity index (χ1v) is 3.74. The number of nitrogens with zero attached hydrogens (tertiary/aromatic N) is 1. The van der Waals surface area contributed by atoms with Gasteiger partial charge >= 0.3 is 0 Å². The monoisotopic (exact) mass is 150 g/mol. The molecule has 0 amide bonds. The van der Waals surface area contributed by atoms with Gasteiger partial charge in [0, 0.05) is 18.7 Å². The quantitative estimate of drug-likeness (QED) is 0.595. The van der Waals surface area contributed by atoms with Crippen LogP contribution in [0.15, 0.2) is 18.3 Å². The molecule has 1 aliphatic heterocycles. The van der Waals surface area contributed by atoms with Crippen molar-refractivity contribution in [3.8, 4) is 0 Å². The third kappa shape index (κ3) is 0.843. The first-order valence-electron chi connectivity index (χ1n) is 3.74. The van der Waals surface area contributed by atoms with Gasteiger partial charge in [0.15, 0.2) is 5.78 Å². The lowest BCUT2D eigenvalue weighted by Gasteiger charge is -2.21. The second-order valence-corrected chi connectivity index (χ2v) is 2.89. The van der Waals surface area contributed by atoms with Crippen LogP contribution in [0.4, 0.5) is 0 Å². The number of rotatable bonds is 0. The van der Waals surface area contributed by atoms with Crippen molar-refractivity contribution in [1.82, 2.24) is 4.68 Å². The number of hydrogen-bond acceptors (Lipinski definition) is 2. The molecule has 1 N–H and O–H groups in total. The second-order valence-electron chi connectivity index (χ2n) is 2.89.